The molecule has 0 spiro atoms. The zero-order valence-corrected chi connectivity index (χ0v) is 9.73. The molecule has 1 aliphatic rings. The molecule has 92 valence electrons. The first-order valence-electron chi connectivity index (χ1n) is 5.99. The lowest BCUT2D eigenvalue weighted by Crippen LogP contribution is -2.28. The lowest BCUT2D eigenvalue weighted by molar-refractivity contribution is -0.117. The minimum Gasteiger partial charge on any atom is -0.508 e. The third-order valence-electron chi connectivity index (χ3n) is 3.30. The van der Waals surface area contributed by atoms with Crippen molar-refractivity contribution in [2.24, 2.45) is 11.7 Å². The van der Waals surface area contributed by atoms with E-state index in [1.54, 1.807) is 18.2 Å². The molecule has 0 unspecified atom stereocenters. The number of amides is 1. The zero-order valence-electron chi connectivity index (χ0n) is 9.73. The molecule has 2 rings (SSSR count). The van der Waals surface area contributed by atoms with Crippen molar-refractivity contribution >= 4 is 11.6 Å². The third-order valence-corrected chi connectivity index (χ3v) is 3.30. The van der Waals surface area contributed by atoms with E-state index in [1.165, 1.54) is 6.07 Å². The summed E-state index contributed by atoms with van der Waals surface area (Å²) in [5, 5.41) is 12.1. The average Bonchev–Trinajstić information content (AvgIpc) is 2.64. The second-order valence-electron chi connectivity index (χ2n) is 4.66. The summed E-state index contributed by atoms with van der Waals surface area (Å²) in [6.07, 6.45) is 3.64. The summed E-state index contributed by atoms with van der Waals surface area (Å²) >= 11 is 0. The Bertz CT molecular complexity index is 406. The molecule has 0 heterocycles. The van der Waals surface area contributed by atoms with Gasteiger partial charge in [-0.1, -0.05) is 12.5 Å². The number of hydrogen-bond donors (Lipinski definition) is 3. The van der Waals surface area contributed by atoms with Gasteiger partial charge in [0.1, 0.15) is 5.75 Å². The molecule has 0 radical (unpaired) electrons. The molecule has 1 aromatic carbocycles. The van der Waals surface area contributed by atoms with Gasteiger partial charge in [0.2, 0.25) is 5.91 Å². The summed E-state index contributed by atoms with van der Waals surface area (Å²) in [7, 11) is 0. The van der Waals surface area contributed by atoms with Crippen molar-refractivity contribution in [1.29, 1.82) is 0 Å². The van der Waals surface area contributed by atoms with E-state index in [0.29, 0.717) is 18.0 Å². The monoisotopic (exact) mass is 234 g/mol. The van der Waals surface area contributed by atoms with Crippen LogP contribution in [-0.4, -0.2) is 17.1 Å². The normalized spacial score (nSPS) is 23.6. The molecule has 1 aliphatic carbocycles. The van der Waals surface area contributed by atoms with Crippen molar-refractivity contribution in [3.63, 3.8) is 0 Å². The molecule has 0 saturated heterocycles. The van der Waals surface area contributed by atoms with Gasteiger partial charge in [-0.15, -0.1) is 0 Å². The predicted octanol–water partition coefficient (Wildman–Crippen LogP) is 1.85. The van der Waals surface area contributed by atoms with Crippen LogP contribution in [0.25, 0.3) is 0 Å². The van der Waals surface area contributed by atoms with Crippen LogP contribution in [0.2, 0.25) is 0 Å². The Labute approximate surface area is 101 Å². The first-order chi connectivity index (χ1) is 8.15. The number of nitrogens with two attached hydrogens (primary N) is 1. The van der Waals surface area contributed by atoms with Crippen LogP contribution >= 0.6 is 0 Å². The van der Waals surface area contributed by atoms with E-state index in [4.69, 9.17) is 5.73 Å². The van der Waals surface area contributed by atoms with Gasteiger partial charge in [-0.25, -0.2) is 0 Å². The summed E-state index contributed by atoms with van der Waals surface area (Å²) in [5.41, 5.74) is 6.55. The number of phenolic OH excluding ortho intramolecular Hbond substituents is 1. The first kappa shape index (κ1) is 11.9. The molecule has 0 aromatic heterocycles. The Kier molecular flexibility index (Phi) is 3.64. The molecule has 4 N–H and O–H groups in total. The molecule has 4 nitrogen and oxygen atoms in total. The highest BCUT2D eigenvalue weighted by atomic mass is 16.3. The maximum Gasteiger partial charge on any atom is 0.224 e. The van der Waals surface area contributed by atoms with Gasteiger partial charge in [0.15, 0.2) is 0 Å². The van der Waals surface area contributed by atoms with Gasteiger partial charge in [-0.2, -0.15) is 0 Å². The van der Waals surface area contributed by atoms with Gasteiger partial charge in [0.25, 0.3) is 0 Å². The van der Waals surface area contributed by atoms with Crippen molar-refractivity contribution < 1.29 is 9.90 Å². The number of benzene rings is 1. The predicted molar refractivity (Wildman–Crippen MR) is 66.7 cm³/mol. The molecule has 1 fully saturated rings. The lowest BCUT2D eigenvalue weighted by Gasteiger charge is -2.14. The van der Waals surface area contributed by atoms with Crippen LogP contribution in [0.1, 0.15) is 25.7 Å². The van der Waals surface area contributed by atoms with Crippen molar-refractivity contribution in [3.05, 3.63) is 24.3 Å². The maximum absolute atomic E-state index is 11.8. The van der Waals surface area contributed by atoms with Gasteiger partial charge in [0, 0.05) is 24.2 Å². The van der Waals surface area contributed by atoms with Crippen LogP contribution < -0.4 is 11.1 Å². The van der Waals surface area contributed by atoms with E-state index < -0.39 is 0 Å². The molecular weight excluding hydrogens is 216 g/mol. The van der Waals surface area contributed by atoms with Gasteiger partial charge in [-0.05, 0) is 30.9 Å². The average molecular weight is 234 g/mol. The topological polar surface area (TPSA) is 75.4 Å². The second-order valence-corrected chi connectivity index (χ2v) is 4.66. The van der Waals surface area contributed by atoms with Crippen molar-refractivity contribution in [1.82, 2.24) is 0 Å². The largest absolute Gasteiger partial charge is 0.508 e. The van der Waals surface area contributed by atoms with E-state index in [2.05, 4.69) is 5.32 Å². The Balaban J connectivity index is 1.89. The fourth-order valence-corrected chi connectivity index (χ4v) is 2.35. The second kappa shape index (κ2) is 5.19. The molecular formula is C13H18N2O2. The molecule has 0 aliphatic heterocycles. The molecule has 1 aromatic rings. The van der Waals surface area contributed by atoms with E-state index in [9.17, 15) is 9.90 Å². The number of phenols is 1. The molecule has 17 heavy (non-hydrogen) atoms. The first-order valence-corrected chi connectivity index (χ1v) is 5.99. The van der Waals surface area contributed by atoms with Gasteiger partial charge >= 0.3 is 0 Å². The van der Waals surface area contributed by atoms with E-state index in [0.717, 1.165) is 19.3 Å². The summed E-state index contributed by atoms with van der Waals surface area (Å²) in [6, 6.07) is 6.72. The smallest absolute Gasteiger partial charge is 0.224 e. The Hall–Kier alpha value is -1.55. The SMILES string of the molecule is N[C@@H]1CCC[C@H]1CC(=O)Nc1cccc(O)c1. The molecule has 1 amide bonds. The number of carbonyl (C=O) groups is 1. The van der Waals surface area contributed by atoms with Crippen LogP contribution in [-0.2, 0) is 4.79 Å². The number of aromatic hydroxyl groups is 1. The van der Waals surface area contributed by atoms with Crippen molar-refractivity contribution in [3.8, 4) is 5.75 Å². The summed E-state index contributed by atoms with van der Waals surface area (Å²) in [6.45, 7) is 0. The van der Waals surface area contributed by atoms with Gasteiger partial charge in [0.05, 0.1) is 0 Å². The van der Waals surface area contributed by atoms with Crippen LogP contribution in [0.5, 0.6) is 5.75 Å². The van der Waals surface area contributed by atoms with Crippen molar-refractivity contribution in [2.75, 3.05) is 5.32 Å². The molecule has 4 heteroatoms. The van der Waals surface area contributed by atoms with Crippen molar-refractivity contribution in [2.45, 2.75) is 31.7 Å². The minimum absolute atomic E-state index is 0.0297. The zero-order chi connectivity index (χ0) is 12.3. The molecule has 1 saturated carbocycles. The standard InChI is InChI=1S/C13H18N2O2/c14-12-6-1-3-9(12)7-13(17)15-10-4-2-5-11(16)8-10/h2,4-5,8-9,12,16H,1,3,6-7,14H2,(H,15,17)/t9-,12+/m0/s1. The Morgan fingerprint density at radius 2 is 2.29 bits per heavy atom. The van der Waals surface area contributed by atoms with Crippen LogP contribution in [0.15, 0.2) is 24.3 Å². The highest BCUT2D eigenvalue weighted by Gasteiger charge is 2.25. The minimum atomic E-state index is -0.0297. The number of rotatable bonds is 3. The Morgan fingerprint density at radius 3 is 2.94 bits per heavy atom. The summed E-state index contributed by atoms with van der Waals surface area (Å²) < 4.78 is 0. The highest BCUT2D eigenvalue weighted by Crippen LogP contribution is 2.27. The fourth-order valence-electron chi connectivity index (χ4n) is 2.35. The molecule has 2 atom stereocenters. The highest BCUT2D eigenvalue weighted by molar-refractivity contribution is 5.91. The Morgan fingerprint density at radius 1 is 1.47 bits per heavy atom. The van der Waals surface area contributed by atoms with E-state index in [1.807, 2.05) is 0 Å². The quantitative estimate of drug-likeness (QED) is 0.747. The van der Waals surface area contributed by atoms with E-state index >= 15 is 0 Å². The number of nitrogens with one attached hydrogen (secondary N) is 1. The number of anilines is 1. The van der Waals surface area contributed by atoms with Gasteiger partial charge in [-0.3, -0.25) is 4.79 Å². The van der Waals surface area contributed by atoms with E-state index in [-0.39, 0.29) is 17.7 Å². The van der Waals surface area contributed by atoms with Crippen LogP contribution in [0.4, 0.5) is 5.69 Å². The van der Waals surface area contributed by atoms with Gasteiger partial charge < -0.3 is 16.2 Å². The fraction of sp³-hybridized carbons (Fsp3) is 0.462. The number of carbonyl (C=O) groups excluding carboxylic acids is 1. The molecule has 0 bridgehead atoms. The third kappa shape index (κ3) is 3.20. The number of hydrogen-bond acceptors (Lipinski definition) is 3. The van der Waals surface area contributed by atoms with Crippen LogP contribution in [0.3, 0.4) is 0 Å². The maximum atomic E-state index is 11.8. The lowest BCUT2D eigenvalue weighted by atomic mass is 10.00. The van der Waals surface area contributed by atoms with Crippen LogP contribution in [0, 0.1) is 5.92 Å². The summed E-state index contributed by atoms with van der Waals surface area (Å²) in [5.74, 6) is 0.422. The summed E-state index contributed by atoms with van der Waals surface area (Å²) in [4.78, 5) is 11.8.